The molecule has 9 nitrogen and oxygen atoms in total. The molecule has 2 aliphatic rings. The summed E-state index contributed by atoms with van der Waals surface area (Å²) >= 11 is 0. The smallest absolute Gasteiger partial charge is 0.303 e. The van der Waals surface area contributed by atoms with E-state index in [1.807, 2.05) is 48.5 Å². The molecule has 10 heteroatoms. The van der Waals surface area contributed by atoms with Crippen LogP contribution in [0.25, 0.3) is 0 Å². The molecule has 2 atom stereocenters. The summed E-state index contributed by atoms with van der Waals surface area (Å²) in [6, 6.07) is 19.8. The highest BCUT2D eigenvalue weighted by Gasteiger charge is 2.22. The van der Waals surface area contributed by atoms with Crippen LogP contribution in [0.3, 0.4) is 0 Å². The van der Waals surface area contributed by atoms with Crippen molar-refractivity contribution in [1.82, 2.24) is 0 Å². The molecule has 1 aliphatic carbocycles. The Morgan fingerprint density at radius 2 is 1.38 bits per heavy atom. The first kappa shape index (κ1) is 35.5. The molecule has 2 fully saturated rings. The topological polar surface area (TPSA) is 140 Å². The van der Waals surface area contributed by atoms with Gasteiger partial charge in [0.25, 0.3) is 0 Å². The third-order valence-electron chi connectivity index (χ3n) is 5.69. The fraction of sp³-hybridized carbons (Fsp3) is 0.467. The lowest BCUT2D eigenvalue weighted by atomic mass is 10.1. The number of aliphatic hydroxyl groups is 1. The molecule has 0 bridgehead atoms. The van der Waals surface area contributed by atoms with Crippen molar-refractivity contribution in [2.45, 2.75) is 70.4 Å². The number of hydrogen-bond acceptors (Lipinski definition) is 8. The van der Waals surface area contributed by atoms with E-state index in [-0.39, 0.29) is 73.6 Å². The van der Waals surface area contributed by atoms with Gasteiger partial charge in [0, 0.05) is 25.7 Å². The molecule has 220 valence electrons. The number of carbonyl (C=O) groups is 4. The summed E-state index contributed by atoms with van der Waals surface area (Å²) in [4.78, 5) is 42.1. The molecular weight excluding hydrogens is 631 g/mol. The molecule has 1 saturated heterocycles. The van der Waals surface area contributed by atoms with Crippen LogP contribution < -0.4 is 0 Å². The number of halogens is 1. The van der Waals surface area contributed by atoms with Crippen LogP contribution in [-0.2, 0) is 46.6 Å². The molecule has 40 heavy (non-hydrogen) atoms. The van der Waals surface area contributed by atoms with Gasteiger partial charge in [-0.25, -0.2) is 0 Å². The van der Waals surface area contributed by atoms with Gasteiger partial charge in [-0.15, -0.1) is 24.0 Å². The molecule has 0 spiro atoms. The zero-order valence-corrected chi connectivity index (χ0v) is 24.9. The molecule has 4 rings (SSSR count). The lowest BCUT2D eigenvalue weighted by Gasteiger charge is -2.10. The fourth-order valence-electron chi connectivity index (χ4n) is 3.39. The van der Waals surface area contributed by atoms with E-state index in [1.54, 1.807) is 0 Å². The zero-order chi connectivity index (χ0) is 28.3. The molecule has 2 N–H and O–H groups in total. The largest absolute Gasteiger partial charge is 0.481 e. The van der Waals surface area contributed by atoms with Gasteiger partial charge >= 0.3 is 5.97 Å². The molecule has 1 heterocycles. The van der Waals surface area contributed by atoms with Gasteiger partial charge in [0.1, 0.15) is 23.5 Å². The van der Waals surface area contributed by atoms with Gasteiger partial charge in [0.2, 0.25) is 0 Å². The van der Waals surface area contributed by atoms with Crippen LogP contribution in [0.2, 0.25) is 0 Å². The summed E-state index contributed by atoms with van der Waals surface area (Å²) in [5.41, 5.74) is 2.25. The molecule has 0 aromatic heterocycles. The van der Waals surface area contributed by atoms with Crippen LogP contribution >= 0.6 is 24.0 Å². The number of carboxylic acid groups (broad SMARTS) is 1. The van der Waals surface area contributed by atoms with Crippen LogP contribution in [-0.4, -0.2) is 65.6 Å². The second-order valence-electron chi connectivity index (χ2n) is 9.34. The highest BCUT2D eigenvalue weighted by atomic mass is 127. The Morgan fingerprint density at radius 3 is 1.82 bits per heavy atom. The molecule has 2 aromatic carbocycles. The van der Waals surface area contributed by atoms with Crippen LogP contribution in [0.15, 0.2) is 60.7 Å². The van der Waals surface area contributed by atoms with Crippen molar-refractivity contribution in [3.05, 3.63) is 71.8 Å². The van der Waals surface area contributed by atoms with Gasteiger partial charge < -0.3 is 24.4 Å². The van der Waals surface area contributed by atoms with Crippen molar-refractivity contribution < 1.29 is 43.6 Å². The summed E-state index contributed by atoms with van der Waals surface area (Å²) in [7, 11) is 0. The van der Waals surface area contributed by atoms with Crippen LogP contribution in [0.4, 0.5) is 0 Å². The van der Waals surface area contributed by atoms with Crippen molar-refractivity contribution in [3.8, 4) is 0 Å². The van der Waals surface area contributed by atoms with Crippen LogP contribution in [0.5, 0.6) is 0 Å². The summed E-state index contributed by atoms with van der Waals surface area (Å²) < 4.78 is 15.8. The summed E-state index contributed by atoms with van der Waals surface area (Å²) in [5.74, 6) is -0.922. The van der Waals surface area contributed by atoms with Crippen LogP contribution in [0.1, 0.15) is 56.1 Å². The van der Waals surface area contributed by atoms with E-state index >= 15 is 0 Å². The second-order valence-corrected chi connectivity index (χ2v) is 9.34. The maximum Gasteiger partial charge on any atom is 0.303 e. The first-order chi connectivity index (χ1) is 18.8. The lowest BCUT2D eigenvalue weighted by molar-refractivity contribution is -0.138. The van der Waals surface area contributed by atoms with Crippen molar-refractivity contribution in [2.24, 2.45) is 0 Å². The normalized spacial score (nSPS) is 16.0. The summed E-state index contributed by atoms with van der Waals surface area (Å²) in [6.07, 6.45) is 1.18. The Bertz CT molecular complexity index is 996. The van der Waals surface area contributed by atoms with Crippen molar-refractivity contribution in [2.75, 3.05) is 19.8 Å². The average Bonchev–Trinajstić information content (AvgIpc) is 3.68. The molecular formula is C30H39IO9. The number of rotatable bonds is 14. The monoisotopic (exact) mass is 670 g/mol. The Hall–Kier alpha value is -2.51. The summed E-state index contributed by atoms with van der Waals surface area (Å²) in [6.45, 7) is 2.89. The zero-order valence-electron chi connectivity index (χ0n) is 22.6. The standard InChI is InChI=1S/C15H20O5.C10H12O2.C5H6O2.HI/c16-13(8-9-15(18)19)6-7-14(17)11-20-10-12-4-2-1-3-5-12;1-2-4-9(5-3-1)6-11-7-10-8-12-10;6-4-1-2-5(7)3-4;/h1-5,14,17H,6-11H2,(H,18,19);1-5,10H,6-8H2;1-3H2;1H. The number of benzene rings is 2. The number of aliphatic hydroxyl groups excluding tert-OH is 1. The number of carbonyl (C=O) groups excluding carboxylic acids is 3. The summed E-state index contributed by atoms with van der Waals surface area (Å²) in [5, 5.41) is 18.1. The van der Waals surface area contributed by atoms with Crippen LogP contribution in [0, 0.1) is 0 Å². The number of aliphatic carboxylic acids is 1. The minimum atomic E-state index is -0.981. The number of epoxide rings is 1. The lowest BCUT2D eigenvalue weighted by Crippen LogP contribution is -2.17. The minimum Gasteiger partial charge on any atom is -0.481 e. The first-order valence-corrected chi connectivity index (χ1v) is 13.1. The molecule has 1 saturated carbocycles. The predicted molar refractivity (Wildman–Crippen MR) is 158 cm³/mol. The van der Waals surface area contributed by atoms with Gasteiger partial charge in [-0.2, -0.15) is 0 Å². The number of carboxylic acids is 1. The van der Waals surface area contributed by atoms with E-state index in [9.17, 15) is 24.3 Å². The number of Topliss-reactive ketones (excluding diaryl/α,β-unsaturated/α-hetero) is 3. The van der Waals surface area contributed by atoms with E-state index in [2.05, 4.69) is 12.1 Å². The predicted octanol–water partition coefficient (Wildman–Crippen LogP) is 4.31. The van der Waals surface area contributed by atoms with Crippen molar-refractivity contribution in [1.29, 1.82) is 0 Å². The maximum atomic E-state index is 11.3. The minimum absolute atomic E-state index is 0. The molecule has 2 unspecified atom stereocenters. The Kier molecular flexibility index (Phi) is 18.9. The maximum absolute atomic E-state index is 11.3. The molecule has 0 amide bonds. The first-order valence-electron chi connectivity index (χ1n) is 13.1. The van der Waals surface area contributed by atoms with E-state index in [0.29, 0.717) is 38.6 Å². The van der Waals surface area contributed by atoms with Gasteiger partial charge in [0.15, 0.2) is 0 Å². The number of hydrogen-bond donors (Lipinski definition) is 2. The van der Waals surface area contributed by atoms with E-state index < -0.39 is 12.1 Å². The molecule has 1 aliphatic heterocycles. The molecule has 2 aromatic rings. The third-order valence-corrected chi connectivity index (χ3v) is 5.69. The van der Waals surface area contributed by atoms with E-state index in [4.69, 9.17) is 19.3 Å². The van der Waals surface area contributed by atoms with Crippen molar-refractivity contribution in [3.63, 3.8) is 0 Å². The third kappa shape index (κ3) is 18.7. The number of ketones is 3. The SMILES string of the molecule is I.O=C(O)CCC(=O)CCC(O)COCc1ccccc1.O=C1CCC(=O)C1.c1ccc(COCC2CO2)cc1. The fourth-order valence-corrected chi connectivity index (χ4v) is 3.39. The van der Waals surface area contributed by atoms with Gasteiger partial charge in [0.05, 0.1) is 52.0 Å². The van der Waals surface area contributed by atoms with E-state index in [0.717, 1.165) is 18.8 Å². The van der Waals surface area contributed by atoms with Gasteiger partial charge in [-0.05, 0) is 17.5 Å². The average molecular weight is 671 g/mol. The van der Waals surface area contributed by atoms with E-state index in [1.165, 1.54) is 5.56 Å². The highest BCUT2D eigenvalue weighted by Crippen LogP contribution is 2.10. The molecule has 0 radical (unpaired) electrons. The Labute approximate surface area is 252 Å². The highest BCUT2D eigenvalue weighted by molar-refractivity contribution is 14.0. The van der Waals surface area contributed by atoms with Gasteiger partial charge in [-0.3, -0.25) is 19.2 Å². The number of ether oxygens (including phenoxy) is 3. The second kappa shape index (κ2) is 21.3. The Morgan fingerprint density at radius 1 is 0.850 bits per heavy atom. The van der Waals surface area contributed by atoms with Gasteiger partial charge in [-0.1, -0.05) is 60.7 Å². The van der Waals surface area contributed by atoms with Crippen molar-refractivity contribution >= 4 is 47.3 Å². The quantitative estimate of drug-likeness (QED) is 0.171. The Balaban J connectivity index is 0.000000335.